The number of fused-ring (bicyclic) bond motifs is 1. The first kappa shape index (κ1) is 18.3. The molecule has 3 aromatic rings. The number of thiazole rings is 1. The molecule has 0 bridgehead atoms. The van der Waals surface area contributed by atoms with Crippen molar-refractivity contribution < 1.29 is 19.1 Å². The van der Waals surface area contributed by atoms with Crippen LogP contribution < -0.4 is 10.2 Å². The van der Waals surface area contributed by atoms with Gasteiger partial charge in [0.15, 0.2) is 11.8 Å². The molecule has 28 heavy (non-hydrogen) atoms. The van der Waals surface area contributed by atoms with E-state index in [1.165, 1.54) is 34.5 Å². The molecule has 0 spiro atoms. The Labute approximate surface area is 168 Å². The smallest absolute Gasteiger partial charge is 0.358 e. The molecule has 3 heterocycles. The number of esters is 1. The summed E-state index contributed by atoms with van der Waals surface area (Å²) in [5, 5.41) is 6.98. The van der Waals surface area contributed by atoms with E-state index in [4.69, 9.17) is 4.74 Å². The molecule has 2 amide bonds. The van der Waals surface area contributed by atoms with Crippen LogP contribution in [-0.2, 0) is 14.3 Å². The zero-order valence-electron chi connectivity index (χ0n) is 14.7. The van der Waals surface area contributed by atoms with Gasteiger partial charge in [-0.25, -0.2) is 9.78 Å². The highest BCUT2D eigenvalue weighted by Crippen LogP contribution is 2.30. The molecule has 7 nitrogen and oxygen atoms in total. The van der Waals surface area contributed by atoms with Gasteiger partial charge in [0.25, 0.3) is 5.91 Å². The van der Waals surface area contributed by atoms with Gasteiger partial charge in [0.2, 0.25) is 5.91 Å². The molecule has 0 radical (unpaired) electrons. The van der Waals surface area contributed by atoms with Gasteiger partial charge in [-0.2, -0.15) is 0 Å². The first-order valence-corrected chi connectivity index (χ1v) is 10.2. The monoisotopic (exact) mass is 413 g/mol. The van der Waals surface area contributed by atoms with Crippen molar-refractivity contribution in [1.29, 1.82) is 0 Å². The van der Waals surface area contributed by atoms with Gasteiger partial charge in [0.1, 0.15) is 11.6 Å². The molecule has 1 N–H and O–H groups in total. The lowest BCUT2D eigenvalue weighted by Gasteiger charge is -2.30. The molecule has 4 rings (SSSR count). The van der Waals surface area contributed by atoms with Crippen molar-refractivity contribution >= 4 is 51.8 Å². The number of nitrogens with one attached hydrogen (secondary N) is 1. The third-order valence-corrected chi connectivity index (χ3v) is 5.99. The van der Waals surface area contributed by atoms with Gasteiger partial charge in [-0.1, -0.05) is 18.2 Å². The number of hydrogen-bond acceptors (Lipinski definition) is 7. The number of thiophene rings is 1. The SMILES string of the molecule is C[C@@H](OC(=O)c1csc(-c2cccs2)n1)C(=O)N1CC(=O)Nc2ccccc21. The van der Waals surface area contributed by atoms with Crippen molar-refractivity contribution in [2.45, 2.75) is 13.0 Å². The molecule has 0 saturated heterocycles. The van der Waals surface area contributed by atoms with Crippen LogP contribution in [0.4, 0.5) is 11.4 Å². The second kappa shape index (κ2) is 7.53. The summed E-state index contributed by atoms with van der Waals surface area (Å²) < 4.78 is 5.32. The van der Waals surface area contributed by atoms with Gasteiger partial charge in [-0.05, 0) is 30.5 Å². The number of carbonyl (C=O) groups is 3. The van der Waals surface area contributed by atoms with Gasteiger partial charge in [0, 0.05) is 5.38 Å². The van der Waals surface area contributed by atoms with Crippen molar-refractivity contribution in [1.82, 2.24) is 4.98 Å². The van der Waals surface area contributed by atoms with Gasteiger partial charge >= 0.3 is 5.97 Å². The van der Waals surface area contributed by atoms with Gasteiger partial charge < -0.3 is 10.1 Å². The van der Waals surface area contributed by atoms with Crippen LogP contribution in [0.2, 0.25) is 0 Å². The summed E-state index contributed by atoms with van der Waals surface area (Å²) in [4.78, 5) is 43.7. The highest BCUT2D eigenvalue weighted by molar-refractivity contribution is 7.20. The number of ether oxygens (including phenoxy) is 1. The molecule has 1 atom stereocenters. The van der Waals surface area contributed by atoms with Crippen LogP contribution in [-0.4, -0.2) is 35.4 Å². The normalized spacial score (nSPS) is 14.2. The average molecular weight is 413 g/mol. The molecule has 0 unspecified atom stereocenters. The lowest BCUT2D eigenvalue weighted by atomic mass is 10.1. The minimum atomic E-state index is -1.06. The zero-order chi connectivity index (χ0) is 19.7. The van der Waals surface area contributed by atoms with E-state index < -0.39 is 18.0 Å². The van der Waals surface area contributed by atoms with Crippen LogP contribution in [0.3, 0.4) is 0 Å². The van der Waals surface area contributed by atoms with Crippen molar-refractivity contribution in [3.05, 3.63) is 52.9 Å². The summed E-state index contributed by atoms with van der Waals surface area (Å²) in [5.74, 6) is -1.44. The number of rotatable bonds is 4. The maximum atomic E-state index is 12.8. The largest absolute Gasteiger partial charge is 0.448 e. The number of carbonyl (C=O) groups excluding carboxylic acids is 3. The van der Waals surface area contributed by atoms with Crippen LogP contribution >= 0.6 is 22.7 Å². The fraction of sp³-hybridized carbons (Fsp3) is 0.158. The van der Waals surface area contributed by atoms with Crippen LogP contribution in [0.15, 0.2) is 47.2 Å². The molecular weight excluding hydrogens is 398 g/mol. The topological polar surface area (TPSA) is 88.6 Å². The van der Waals surface area contributed by atoms with Crippen molar-refractivity contribution in [2.24, 2.45) is 0 Å². The van der Waals surface area contributed by atoms with Crippen molar-refractivity contribution in [2.75, 3.05) is 16.8 Å². The maximum absolute atomic E-state index is 12.8. The third kappa shape index (κ3) is 3.54. The van der Waals surface area contributed by atoms with Crippen LogP contribution in [0.1, 0.15) is 17.4 Å². The number of benzene rings is 1. The Hall–Kier alpha value is -3.04. The van der Waals surface area contributed by atoms with Gasteiger partial charge in [-0.3, -0.25) is 14.5 Å². The molecular formula is C19H15N3O4S2. The number of hydrogen-bond donors (Lipinski definition) is 1. The molecule has 0 saturated carbocycles. The highest BCUT2D eigenvalue weighted by atomic mass is 32.1. The summed E-state index contributed by atoms with van der Waals surface area (Å²) in [6.07, 6.45) is -1.06. The average Bonchev–Trinajstić information content (AvgIpc) is 3.38. The first-order chi connectivity index (χ1) is 13.5. The minimum Gasteiger partial charge on any atom is -0.448 e. The molecule has 0 aliphatic carbocycles. The molecule has 0 fully saturated rings. The van der Waals surface area contributed by atoms with Crippen LogP contribution in [0.25, 0.3) is 9.88 Å². The first-order valence-electron chi connectivity index (χ1n) is 8.43. The van der Waals surface area contributed by atoms with Crippen molar-refractivity contribution in [3.63, 3.8) is 0 Å². The van der Waals surface area contributed by atoms with E-state index in [0.29, 0.717) is 11.4 Å². The molecule has 1 aliphatic rings. The van der Waals surface area contributed by atoms with Crippen molar-refractivity contribution in [3.8, 4) is 9.88 Å². The molecule has 2 aromatic heterocycles. The summed E-state index contributed by atoms with van der Waals surface area (Å²) >= 11 is 2.87. The maximum Gasteiger partial charge on any atom is 0.358 e. The van der Waals surface area contributed by atoms with Crippen LogP contribution in [0.5, 0.6) is 0 Å². The fourth-order valence-corrected chi connectivity index (χ4v) is 4.41. The Kier molecular flexibility index (Phi) is 4.93. The molecule has 1 aliphatic heterocycles. The summed E-state index contributed by atoms with van der Waals surface area (Å²) in [6.45, 7) is 1.36. The van der Waals surface area contributed by atoms with E-state index >= 15 is 0 Å². The highest BCUT2D eigenvalue weighted by Gasteiger charge is 2.31. The quantitative estimate of drug-likeness (QED) is 0.662. The number of para-hydroxylation sites is 2. The van der Waals surface area contributed by atoms with Crippen LogP contribution in [0, 0.1) is 0 Å². The Bertz CT molecular complexity index is 1050. The molecule has 142 valence electrons. The minimum absolute atomic E-state index is 0.128. The van der Waals surface area contributed by atoms with E-state index in [1.54, 1.807) is 29.6 Å². The Morgan fingerprint density at radius 1 is 1.21 bits per heavy atom. The van der Waals surface area contributed by atoms with E-state index in [9.17, 15) is 14.4 Å². The lowest BCUT2D eigenvalue weighted by Crippen LogP contribution is -2.47. The van der Waals surface area contributed by atoms with E-state index in [0.717, 1.165) is 9.88 Å². The second-order valence-corrected chi connectivity index (χ2v) is 7.86. The predicted molar refractivity (Wildman–Crippen MR) is 108 cm³/mol. The fourth-order valence-electron chi connectivity index (χ4n) is 2.80. The standard InChI is InChI=1S/C19H15N3O4S2/c1-11(18(24)22-9-16(23)20-12-5-2-3-6-14(12)22)26-19(25)13-10-28-17(21-13)15-7-4-8-27-15/h2-8,10-11H,9H2,1H3,(H,20,23)/t11-/m1/s1. The summed E-state index contributed by atoms with van der Waals surface area (Å²) in [7, 11) is 0. The van der Waals surface area contributed by atoms with Gasteiger partial charge in [-0.15, -0.1) is 22.7 Å². The zero-order valence-corrected chi connectivity index (χ0v) is 16.4. The Balaban J connectivity index is 1.48. The summed E-state index contributed by atoms with van der Waals surface area (Å²) in [5.41, 5.74) is 1.28. The Morgan fingerprint density at radius 2 is 2.04 bits per heavy atom. The Morgan fingerprint density at radius 3 is 2.82 bits per heavy atom. The van der Waals surface area contributed by atoms with E-state index in [2.05, 4.69) is 10.3 Å². The second-order valence-electron chi connectivity index (χ2n) is 6.05. The van der Waals surface area contributed by atoms with E-state index in [1.807, 2.05) is 17.5 Å². The summed E-state index contributed by atoms with van der Waals surface area (Å²) in [6, 6.07) is 10.8. The third-order valence-electron chi connectivity index (χ3n) is 4.11. The molecule has 1 aromatic carbocycles. The van der Waals surface area contributed by atoms with Gasteiger partial charge in [0.05, 0.1) is 16.3 Å². The lowest BCUT2D eigenvalue weighted by molar-refractivity contribution is -0.128. The number of amides is 2. The number of aromatic nitrogens is 1. The number of anilines is 2. The number of nitrogens with zero attached hydrogens (tertiary/aromatic N) is 2. The van der Waals surface area contributed by atoms with E-state index in [-0.39, 0.29) is 18.1 Å². The molecule has 9 heteroatoms. The predicted octanol–water partition coefficient (Wildman–Crippen LogP) is 3.40.